The number of hydrogen-bond donors (Lipinski definition) is 0. The minimum atomic E-state index is 0.956. The molecule has 0 saturated carbocycles. The lowest BCUT2D eigenvalue weighted by Crippen LogP contribution is -1.57. The zero-order chi connectivity index (χ0) is 10.1. The summed E-state index contributed by atoms with van der Waals surface area (Å²) in [6.07, 6.45) is 1.70. The van der Waals surface area contributed by atoms with Crippen LogP contribution in [0.15, 0.2) is 41.0 Å². The summed E-state index contributed by atoms with van der Waals surface area (Å²) in [6.45, 7) is 8.00. The van der Waals surface area contributed by atoms with Crippen molar-refractivity contribution in [1.82, 2.24) is 0 Å². The van der Waals surface area contributed by atoms with Crippen LogP contribution in [0.2, 0.25) is 0 Å². The minimum Gasteiger partial charge on any atom is -0.464 e. The summed E-state index contributed by atoms with van der Waals surface area (Å²) < 4.78 is 5.12. The van der Waals surface area contributed by atoms with E-state index in [0.717, 1.165) is 11.0 Å². The molecule has 0 bridgehead atoms. The second kappa shape index (κ2) is 7.41. The van der Waals surface area contributed by atoms with E-state index in [-0.39, 0.29) is 0 Å². The van der Waals surface area contributed by atoms with Crippen LogP contribution in [0.4, 0.5) is 0 Å². The van der Waals surface area contributed by atoms with Crippen molar-refractivity contribution in [2.45, 2.75) is 27.7 Å². The van der Waals surface area contributed by atoms with Gasteiger partial charge in [-0.15, -0.1) is 0 Å². The molecule has 0 saturated heterocycles. The van der Waals surface area contributed by atoms with Gasteiger partial charge < -0.3 is 4.42 Å². The SMILES string of the molecule is CC.CC.c1ccc2occc2c1. The number of hydrogen-bond acceptors (Lipinski definition) is 1. The maximum Gasteiger partial charge on any atom is 0.133 e. The first-order valence-corrected chi connectivity index (χ1v) is 4.89. The summed E-state index contributed by atoms with van der Waals surface area (Å²) in [5.74, 6) is 0. The van der Waals surface area contributed by atoms with Crippen molar-refractivity contribution in [3.05, 3.63) is 36.6 Å². The molecular formula is C12H18O. The molecule has 0 fully saturated rings. The van der Waals surface area contributed by atoms with Crippen molar-refractivity contribution in [2.75, 3.05) is 0 Å². The first kappa shape index (κ1) is 11.8. The van der Waals surface area contributed by atoms with Crippen LogP contribution in [0.1, 0.15) is 27.7 Å². The molecule has 0 N–H and O–H groups in total. The average Bonchev–Trinajstić information content (AvgIpc) is 2.71. The lowest BCUT2D eigenvalue weighted by atomic mass is 10.3. The van der Waals surface area contributed by atoms with Crippen LogP contribution < -0.4 is 0 Å². The molecule has 0 radical (unpaired) electrons. The molecule has 2 rings (SSSR count). The number of para-hydroxylation sites is 1. The topological polar surface area (TPSA) is 13.1 Å². The number of rotatable bonds is 0. The lowest BCUT2D eigenvalue weighted by Gasteiger charge is -1.81. The first-order chi connectivity index (χ1) is 6.47. The van der Waals surface area contributed by atoms with Crippen molar-refractivity contribution < 1.29 is 4.42 Å². The molecular weight excluding hydrogens is 160 g/mol. The van der Waals surface area contributed by atoms with Crippen LogP contribution in [-0.2, 0) is 0 Å². The Labute approximate surface area is 80.4 Å². The van der Waals surface area contributed by atoms with Crippen molar-refractivity contribution >= 4 is 11.0 Å². The Morgan fingerprint density at radius 2 is 1.46 bits per heavy atom. The predicted molar refractivity (Wildman–Crippen MR) is 58.9 cm³/mol. The van der Waals surface area contributed by atoms with Crippen LogP contribution in [0.3, 0.4) is 0 Å². The van der Waals surface area contributed by atoms with Gasteiger partial charge in [-0.3, -0.25) is 0 Å². The van der Waals surface area contributed by atoms with E-state index >= 15 is 0 Å². The molecule has 1 aromatic heterocycles. The summed E-state index contributed by atoms with van der Waals surface area (Å²) >= 11 is 0. The van der Waals surface area contributed by atoms with Crippen LogP contribution in [0, 0.1) is 0 Å². The molecule has 72 valence electrons. The molecule has 1 heterocycles. The van der Waals surface area contributed by atoms with E-state index in [0.29, 0.717) is 0 Å². The summed E-state index contributed by atoms with van der Waals surface area (Å²) in [6, 6.07) is 9.90. The van der Waals surface area contributed by atoms with Gasteiger partial charge in [0.2, 0.25) is 0 Å². The van der Waals surface area contributed by atoms with Crippen LogP contribution in [0.5, 0.6) is 0 Å². The van der Waals surface area contributed by atoms with E-state index < -0.39 is 0 Å². The third-order valence-electron chi connectivity index (χ3n) is 1.36. The standard InChI is InChI=1S/C8H6O.2C2H6/c1-2-4-8-7(3-1)5-6-9-8;2*1-2/h1-6H;2*1-2H3. The van der Waals surface area contributed by atoms with E-state index in [1.165, 1.54) is 0 Å². The maximum atomic E-state index is 5.12. The zero-order valence-corrected chi connectivity index (χ0v) is 8.87. The third kappa shape index (κ3) is 3.32. The molecule has 1 heteroatoms. The normalized spacial score (nSPS) is 8.00. The Morgan fingerprint density at radius 3 is 2.08 bits per heavy atom. The first-order valence-electron chi connectivity index (χ1n) is 4.89. The molecule has 0 amide bonds. The minimum absolute atomic E-state index is 0.956. The molecule has 0 aliphatic heterocycles. The largest absolute Gasteiger partial charge is 0.464 e. The van der Waals surface area contributed by atoms with E-state index in [2.05, 4.69) is 0 Å². The summed E-state index contributed by atoms with van der Waals surface area (Å²) in [4.78, 5) is 0. The third-order valence-corrected chi connectivity index (χ3v) is 1.36. The van der Waals surface area contributed by atoms with Crippen molar-refractivity contribution in [2.24, 2.45) is 0 Å². The van der Waals surface area contributed by atoms with Crippen molar-refractivity contribution in [1.29, 1.82) is 0 Å². The molecule has 0 atom stereocenters. The Hall–Kier alpha value is -1.24. The molecule has 1 nitrogen and oxygen atoms in total. The van der Waals surface area contributed by atoms with Gasteiger partial charge in [-0.05, 0) is 12.1 Å². The average molecular weight is 178 g/mol. The zero-order valence-electron chi connectivity index (χ0n) is 8.87. The Morgan fingerprint density at radius 1 is 0.846 bits per heavy atom. The smallest absolute Gasteiger partial charge is 0.133 e. The van der Waals surface area contributed by atoms with Gasteiger partial charge >= 0.3 is 0 Å². The van der Waals surface area contributed by atoms with Crippen LogP contribution in [-0.4, -0.2) is 0 Å². The van der Waals surface area contributed by atoms with E-state index in [4.69, 9.17) is 4.42 Å². The highest BCUT2D eigenvalue weighted by Crippen LogP contribution is 2.12. The van der Waals surface area contributed by atoms with Gasteiger partial charge in [0.15, 0.2) is 0 Å². The highest BCUT2D eigenvalue weighted by molar-refractivity contribution is 5.76. The molecule has 13 heavy (non-hydrogen) atoms. The Bertz CT molecular complexity index is 279. The summed E-state index contributed by atoms with van der Waals surface area (Å²) in [5.41, 5.74) is 0.956. The second-order valence-electron chi connectivity index (χ2n) is 1.96. The van der Waals surface area contributed by atoms with Crippen molar-refractivity contribution in [3.63, 3.8) is 0 Å². The van der Waals surface area contributed by atoms with Gasteiger partial charge in [0.25, 0.3) is 0 Å². The fraction of sp³-hybridized carbons (Fsp3) is 0.333. The van der Waals surface area contributed by atoms with Gasteiger partial charge in [0.05, 0.1) is 6.26 Å². The fourth-order valence-electron chi connectivity index (χ4n) is 0.906. The summed E-state index contributed by atoms with van der Waals surface area (Å²) in [5, 5.41) is 1.16. The highest BCUT2D eigenvalue weighted by Gasteiger charge is 1.89. The van der Waals surface area contributed by atoms with Gasteiger partial charge in [-0.1, -0.05) is 45.9 Å². The van der Waals surface area contributed by atoms with E-state index in [9.17, 15) is 0 Å². The molecule has 0 spiro atoms. The molecule has 0 aliphatic carbocycles. The quantitative estimate of drug-likeness (QED) is 0.579. The monoisotopic (exact) mass is 178 g/mol. The van der Waals surface area contributed by atoms with Gasteiger partial charge in [-0.25, -0.2) is 0 Å². The van der Waals surface area contributed by atoms with Crippen molar-refractivity contribution in [3.8, 4) is 0 Å². The van der Waals surface area contributed by atoms with Gasteiger partial charge in [-0.2, -0.15) is 0 Å². The van der Waals surface area contributed by atoms with E-state index in [1.807, 2.05) is 58.0 Å². The Kier molecular flexibility index (Phi) is 6.70. The number of furan rings is 1. The molecule has 0 unspecified atom stereocenters. The highest BCUT2D eigenvalue weighted by atomic mass is 16.3. The predicted octanol–water partition coefficient (Wildman–Crippen LogP) is 4.49. The fourth-order valence-corrected chi connectivity index (χ4v) is 0.906. The Balaban J connectivity index is 0.000000322. The molecule has 2 aromatic rings. The molecule has 0 aliphatic rings. The van der Waals surface area contributed by atoms with Crippen LogP contribution in [0.25, 0.3) is 11.0 Å². The second-order valence-corrected chi connectivity index (χ2v) is 1.96. The van der Waals surface area contributed by atoms with Gasteiger partial charge in [0, 0.05) is 5.39 Å². The molecule has 1 aromatic carbocycles. The van der Waals surface area contributed by atoms with Gasteiger partial charge in [0.1, 0.15) is 5.58 Å². The number of fused-ring (bicyclic) bond motifs is 1. The van der Waals surface area contributed by atoms with E-state index in [1.54, 1.807) is 6.26 Å². The lowest BCUT2D eigenvalue weighted by molar-refractivity contribution is 0.616. The van der Waals surface area contributed by atoms with Crippen LogP contribution >= 0.6 is 0 Å². The summed E-state index contributed by atoms with van der Waals surface area (Å²) in [7, 11) is 0. The maximum absolute atomic E-state index is 5.12. The number of benzene rings is 1.